The molecule has 31 heavy (non-hydrogen) atoms. The van der Waals surface area contributed by atoms with E-state index in [0.29, 0.717) is 5.02 Å². The second kappa shape index (κ2) is 8.55. The molecule has 0 unspecified atom stereocenters. The van der Waals surface area contributed by atoms with Gasteiger partial charge in [0, 0.05) is 28.5 Å². The number of sulfonamides is 1. The Hall–Kier alpha value is -3.13. The molecule has 0 saturated carbocycles. The summed E-state index contributed by atoms with van der Waals surface area (Å²) in [6, 6.07) is 19.6. The van der Waals surface area contributed by atoms with Crippen molar-refractivity contribution < 1.29 is 18.3 Å². The summed E-state index contributed by atoms with van der Waals surface area (Å²) in [7, 11) is -4.03. The first-order valence-electron chi connectivity index (χ1n) is 9.49. The molecule has 0 aliphatic carbocycles. The van der Waals surface area contributed by atoms with Crippen molar-refractivity contribution in [2.75, 3.05) is 0 Å². The molecule has 4 aromatic rings. The monoisotopic (exact) mass is 454 g/mol. The topological polar surface area (TPSA) is 99.3 Å². The number of nitrogens with one attached hydrogen (secondary N) is 2. The van der Waals surface area contributed by atoms with Crippen LogP contribution in [-0.4, -0.2) is 30.5 Å². The van der Waals surface area contributed by atoms with E-state index in [0.717, 1.165) is 27.6 Å². The summed E-state index contributed by atoms with van der Waals surface area (Å²) in [5, 5.41) is 11.1. The summed E-state index contributed by atoms with van der Waals surface area (Å²) in [6.07, 6.45) is 1.72. The third kappa shape index (κ3) is 4.64. The van der Waals surface area contributed by atoms with Crippen LogP contribution in [0.2, 0.25) is 5.02 Å². The number of rotatable bonds is 7. The molecule has 0 fully saturated rings. The summed E-state index contributed by atoms with van der Waals surface area (Å²) >= 11 is 5.90. The minimum Gasteiger partial charge on any atom is -0.480 e. The van der Waals surface area contributed by atoms with Crippen molar-refractivity contribution in [2.45, 2.75) is 17.4 Å². The zero-order valence-corrected chi connectivity index (χ0v) is 17.8. The molecule has 3 aromatic carbocycles. The lowest BCUT2D eigenvalue weighted by atomic mass is 10.1. The number of aromatic amines is 1. The smallest absolute Gasteiger partial charge is 0.322 e. The zero-order chi connectivity index (χ0) is 22.0. The molecule has 158 valence electrons. The molecule has 0 aliphatic heterocycles. The lowest BCUT2D eigenvalue weighted by molar-refractivity contribution is -0.138. The van der Waals surface area contributed by atoms with E-state index >= 15 is 0 Å². The second-order valence-corrected chi connectivity index (χ2v) is 9.26. The molecule has 0 bridgehead atoms. The number of fused-ring (bicyclic) bond motifs is 1. The average Bonchev–Trinajstić information content (AvgIpc) is 3.17. The molecule has 1 heterocycles. The standard InChI is InChI=1S/C23H19ClN2O4S/c24-18-9-5-15(6-10-18)16-7-11-19(12-8-16)31(29,30)26-22(23(27)28)13-17-14-25-21-4-2-1-3-20(17)21/h1-12,14,22,25-26H,13H2,(H,27,28)/t22-/m1/s1. The fourth-order valence-corrected chi connectivity index (χ4v) is 4.74. The fraction of sp³-hybridized carbons (Fsp3) is 0.0870. The van der Waals surface area contributed by atoms with E-state index in [9.17, 15) is 18.3 Å². The second-order valence-electron chi connectivity index (χ2n) is 7.11. The van der Waals surface area contributed by atoms with Crippen molar-refractivity contribution in [3.05, 3.63) is 89.6 Å². The highest BCUT2D eigenvalue weighted by molar-refractivity contribution is 7.89. The van der Waals surface area contributed by atoms with Crippen LogP contribution in [0.3, 0.4) is 0 Å². The fourth-order valence-electron chi connectivity index (χ4n) is 3.42. The maximum absolute atomic E-state index is 12.8. The van der Waals surface area contributed by atoms with E-state index in [2.05, 4.69) is 9.71 Å². The third-order valence-electron chi connectivity index (χ3n) is 5.04. The molecule has 6 nitrogen and oxygen atoms in total. The predicted molar refractivity (Wildman–Crippen MR) is 121 cm³/mol. The van der Waals surface area contributed by atoms with Crippen molar-refractivity contribution in [3.8, 4) is 11.1 Å². The van der Waals surface area contributed by atoms with Crippen LogP contribution in [-0.2, 0) is 21.2 Å². The van der Waals surface area contributed by atoms with Crippen LogP contribution in [0.4, 0.5) is 0 Å². The number of aliphatic carboxylic acids is 1. The van der Waals surface area contributed by atoms with Gasteiger partial charge in [-0.3, -0.25) is 4.79 Å². The van der Waals surface area contributed by atoms with Gasteiger partial charge in [-0.1, -0.05) is 54.1 Å². The quantitative estimate of drug-likeness (QED) is 0.384. The Bertz CT molecular complexity index is 1330. The summed E-state index contributed by atoms with van der Waals surface area (Å²) in [4.78, 5) is 14.9. The van der Waals surface area contributed by atoms with Gasteiger partial charge in [0.1, 0.15) is 6.04 Å². The predicted octanol–water partition coefficient (Wildman–Crippen LogP) is 4.46. The summed E-state index contributed by atoms with van der Waals surface area (Å²) in [6.45, 7) is 0. The van der Waals surface area contributed by atoms with Crippen molar-refractivity contribution in [1.29, 1.82) is 0 Å². The Morgan fingerprint density at radius 3 is 2.23 bits per heavy atom. The average molecular weight is 455 g/mol. The first-order valence-corrected chi connectivity index (χ1v) is 11.4. The molecule has 0 amide bonds. The number of H-pyrrole nitrogens is 1. The SMILES string of the molecule is O=C(O)[C@@H](Cc1c[nH]c2ccccc12)NS(=O)(=O)c1ccc(-c2ccc(Cl)cc2)cc1. The Morgan fingerprint density at radius 2 is 1.58 bits per heavy atom. The number of para-hydroxylation sites is 1. The van der Waals surface area contributed by atoms with Gasteiger partial charge in [0.15, 0.2) is 0 Å². The normalized spacial score (nSPS) is 12.7. The van der Waals surface area contributed by atoms with E-state index in [1.54, 1.807) is 30.5 Å². The van der Waals surface area contributed by atoms with Gasteiger partial charge in [0.2, 0.25) is 10.0 Å². The van der Waals surface area contributed by atoms with Crippen LogP contribution >= 0.6 is 11.6 Å². The maximum Gasteiger partial charge on any atom is 0.322 e. The Kier molecular flexibility index (Phi) is 5.82. The van der Waals surface area contributed by atoms with E-state index in [1.807, 2.05) is 36.4 Å². The maximum atomic E-state index is 12.8. The van der Waals surface area contributed by atoms with Gasteiger partial charge in [-0.25, -0.2) is 8.42 Å². The number of carboxylic acid groups (broad SMARTS) is 1. The van der Waals surface area contributed by atoms with E-state index < -0.39 is 22.0 Å². The molecule has 3 N–H and O–H groups in total. The minimum absolute atomic E-state index is 0.00427. The number of carboxylic acids is 1. The molecule has 8 heteroatoms. The largest absolute Gasteiger partial charge is 0.480 e. The lowest BCUT2D eigenvalue weighted by Crippen LogP contribution is -2.42. The Morgan fingerprint density at radius 1 is 0.968 bits per heavy atom. The van der Waals surface area contributed by atoms with Crippen LogP contribution in [0.1, 0.15) is 5.56 Å². The molecule has 0 radical (unpaired) electrons. The van der Waals surface area contributed by atoms with Crippen LogP contribution in [0, 0.1) is 0 Å². The van der Waals surface area contributed by atoms with Gasteiger partial charge < -0.3 is 10.1 Å². The molecule has 4 rings (SSSR count). The highest BCUT2D eigenvalue weighted by atomic mass is 35.5. The number of aromatic nitrogens is 1. The summed E-state index contributed by atoms with van der Waals surface area (Å²) < 4.78 is 28.0. The number of halogens is 1. The van der Waals surface area contributed by atoms with E-state index in [-0.39, 0.29) is 11.3 Å². The van der Waals surface area contributed by atoms with Crippen molar-refractivity contribution >= 4 is 38.5 Å². The Labute approximate surface area is 184 Å². The van der Waals surface area contributed by atoms with Gasteiger partial charge in [-0.2, -0.15) is 4.72 Å². The van der Waals surface area contributed by atoms with E-state index in [1.165, 1.54) is 12.1 Å². The first kappa shape index (κ1) is 21.1. The molecule has 1 atom stereocenters. The van der Waals surface area contributed by atoms with Gasteiger partial charge in [0.05, 0.1) is 4.90 Å². The lowest BCUT2D eigenvalue weighted by Gasteiger charge is -2.15. The zero-order valence-electron chi connectivity index (χ0n) is 16.2. The number of benzene rings is 3. The highest BCUT2D eigenvalue weighted by Gasteiger charge is 2.26. The number of hydrogen-bond donors (Lipinski definition) is 3. The van der Waals surface area contributed by atoms with Crippen LogP contribution in [0.15, 0.2) is 83.9 Å². The van der Waals surface area contributed by atoms with Crippen molar-refractivity contribution in [1.82, 2.24) is 9.71 Å². The summed E-state index contributed by atoms with van der Waals surface area (Å²) in [5.74, 6) is -1.24. The van der Waals surface area contributed by atoms with Crippen LogP contribution in [0.25, 0.3) is 22.0 Å². The molecule has 0 spiro atoms. The highest BCUT2D eigenvalue weighted by Crippen LogP contribution is 2.24. The van der Waals surface area contributed by atoms with Crippen LogP contribution in [0.5, 0.6) is 0 Å². The van der Waals surface area contributed by atoms with E-state index in [4.69, 9.17) is 11.6 Å². The van der Waals surface area contributed by atoms with Gasteiger partial charge in [0.25, 0.3) is 0 Å². The van der Waals surface area contributed by atoms with Crippen molar-refractivity contribution in [3.63, 3.8) is 0 Å². The molecule has 0 aliphatic rings. The molecule has 1 aromatic heterocycles. The van der Waals surface area contributed by atoms with Gasteiger partial charge in [-0.05, 0) is 47.0 Å². The number of carbonyl (C=O) groups is 1. The first-order chi connectivity index (χ1) is 14.8. The van der Waals surface area contributed by atoms with Crippen LogP contribution < -0.4 is 4.72 Å². The number of hydrogen-bond acceptors (Lipinski definition) is 3. The van der Waals surface area contributed by atoms with Gasteiger partial charge in [-0.15, -0.1) is 0 Å². The Balaban J connectivity index is 1.55. The summed E-state index contributed by atoms with van der Waals surface area (Å²) in [5.41, 5.74) is 3.30. The van der Waals surface area contributed by atoms with Gasteiger partial charge >= 0.3 is 5.97 Å². The molecule has 0 saturated heterocycles. The van der Waals surface area contributed by atoms with Crippen molar-refractivity contribution in [2.24, 2.45) is 0 Å². The third-order valence-corrected chi connectivity index (χ3v) is 6.78. The molecular formula is C23H19ClN2O4S. The minimum atomic E-state index is -4.03. The molecular weight excluding hydrogens is 436 g/mol.